The van der Waals surface area contributed by atoms with Crippen LogP contribution in [0.25, 0.3) is 0 Å². The predicted molar refractivity (Wildman–Crippen MR) is 99.7 cm³/mol. The molecule has 5 nitrogen and oxygen atoms in total. The molecule has 0 aliphatic carbocycles. The lowest BCUT2D eigenvalue weighted by Gasteiger charge is -2.37. The van der Waals surface area contributed by atoms with Gasteiger partial charge in [-0.1, -0.05) is 23.9 Å². The van der Waals surface area contributed by atoms with Gasteiger partial charge in [0.2, 0.25) is 0 Å². The Bertz CT molecular complexity index is 1100. The van der Waals surface area contributed by atoms with Gasteiger partial charge in [0.1, 0.15) is 10.9 Å². The second-order valence-corrected chi connectivity index (χ2v) is 7.86. The monoisotopic (exact) mass is 376 g/mol. The number of amides is 1. The summed E-state index contributed by atoms with van der Waals surface area (Å²) >= 11 is 2.83. The van der Waals surface area contributed by atoms with E-state index < -0.39 is 5.92 Å². The Morgan fingerprint density at radius 2 is 1.88 bits per heavy atom. The molecular formula is C19H12N4OS2. The Balaban J connectivity index is 2.01. The normalized spacial score (nSPS) is 19.0. The second-order valence-electron chi connectivity index (χ2n) is 5.88. The summed E-state index contributed by atoms with van der Waals surface area (Å²) in [6.07, 6.45) is 0. The number of hydrogen-bond donors (Lipinski definition) is 1. The molecule has 7 heteroatoms. The van der Waals surface area contributed by atoms with Crippen molar-refractivity contribution in [2.75, 3.05) is 0 Å². The number of benzene rings is 1. The molecule has 0 spiro atoms. The van der Waals surface area contributed by atoms with Gasteiger partial charge in [-0.3, -0.25) is 9.69 Å². The van der Waals surface area contributed by atoms with Crippen LogP contribution in [0.15, 0.2) is 62.6 Å². The molecule has 0 saturated carbocycles. The maximum atomic E-state index is 13.0. The number of thiophene rings is 1. The maximum absolute atomic E-state index is 13.0. The molecular weight excluding hydrogens is 364 g/mol. The van der Waals surface area contributed by atoms with E-state index in [1.807, 2.05) is 30.5 Å². The average Bonchev–Trinajstić information content (AvgIpc) is 3.07. The van der Waals surface area contributed by atoms with Crippen LogP contribution in [-0.4, -0.2) is 10.8 Å². The van der Waals surface area contributed by atoms with Crippen molar-refractivity contribution in [3.05, 3.63) is 73.7 Å². The van der Waals surface area contributed by atoms with Crippen LogP contribution >= 0.6 is 23.1 Å². The second kappa shape index (κ2) is 6.06. The van der Waals surface area contributed by atoms with Crippen molar-refractivity contribution in [3.63, 3.8) is 0 Å². The quantitative estimate of drug-likeness (QED) is 0.816. The van der Waals surface area contributed by atoms with Gasteiger partial charge >= 0.3 is 0 Å². The number of carbonyl (C=O) groups excluding carboxylic acids is 1. The van der Waals surface area contributed by atoms with Crippen molar-refractivity contribution in [1.82, 2.24) is 4.90 Å². The summed E-state index contributed by atoms with van der Waals surface area (Å²) in [7, 11) is 0. The average molecular weight is 376 g/mol. The number of nitriles is 2. The van der Waals surface area contributed by atoms with Crippen LogP contribution in [-0.2, 0) is 0 Å². The smallest absolute Gasteiger partial charge is 0.265 e. The molecule has 1 aromatic carbocycles. The van der Waals surface area contributed by atoms with Gasteiger partial charge in [-0.2, -0.15) is 10.5 Å². The molecule has 3 heterocycles. The summed E-state index contributed by atoms with van der Waals surface area (Å²) in [5, 5.41) is 22.1. The summed E-state index contributed by atoms with van der Waals surface area (Å²) in [4.78, 5) is 16.0. The molecule has 1 atom stereocenters. The van der Waals surface area contributed by atoms with Crippen molar-refractivity contribution < 1.29 is 4.79 Å². The van der Waals surface area contributed by atoms with Gasteiger partial charge in [-0.15, -0.1) is 11.3 Å². The number of fused-ring (bicyclic) bond motifs is 2. The molecule has 1 amide bonds. The van der Waals surface area contributed by atoms with E-state index in [-0.39, 0.29) is 17.3 Å². The van der Waals surface area contributed by atoms with E-state index in [0.717, 1.165) is 15.3 Å². The van der Waals surface area contributed by atoms with Gasteiger partial charge in [-0.05, 0) is 36.1 Å². The Hall–Kier alpha value is -3.00. The number of nitrogens with zero attached hydrogens (tertiary/aromatic N) is 3. The van der Waals surface area contributed by atoms with Crippen LogP contribution in [0.4, 0.5) is 0 Å². The Labute approximate surface area is 158 Å². The highest BCUT2D eigenvalue weighted by Gasteiger charge is 2.42. The first-order valence-electron chi connectivity index (χ1n) is 7.77. The fourth-order valence-electron chi connectivity index (χ4n) is 3.20. The summed E-state index contributed by atoms with van der Waals surface area (Å²) in [5.74, 6) is -0.748. The van der Waals surface area contributed by atoms with E-state index >= 15 is 0 Å². The first kappa shape index (κ1) is 16.5. The SMILES string of the molecule is Cc1ccsc1C1C(C#N)=C(N)N2C(=O)c3ccccc3SC2=C1C#N. The zero-order valence-electron chi connectivity index (χ0n) is 13.7. The van der Waals surface area contributed by atoms with Crippen LogP contribution in [0.1, 0.15) is 26.7 Å². The third kappa shape index (κ3) is 2.19. The van der Waals surface area contributed by atoms with E-state index in [4.69, 9.17) is 5.73 Å². The largest absolute Gasteiger partial charge is 0.384 e. The van der Waals surface area contributed by atoms with Crippen molar-refractivity contribution in [3.8, 4) is 12.1 Å². The van der Waals surface area contributed by atoms with Crippen LogP contribution in [0, 0.1) is 29.6 Å². The summed E-state index contributed by atoms with van der Waals surface area (Å²) in [6, 6.07) is 13.5. The van der Waals surface area contributed by atoms with Gasteiger partial charge in [-0.25, -0.2) is 0 Å². The molecule has 2 aliphatic heterocycles. The molecule has 2 N–H and O–H groups in total. The molecule has 126 valence electrons. The van der Waals surface area contributed by atoms with Gasteiger partial charge < -0.3 is 5.73 Å². The van der Waals surface area contributed by atoms with Gasteiger partial charge in [0.25, 0.3) is 5.91 Å². The van der Waals surface area contributed by atoms with E-state index in [2.05, 4.69) is 12.1 Å². The number of aryl methyl sites for hydroxylation is 1. The Kier molecular flexibility index (Phi) is 3.84. The van der Waals surface area contributed by atoms with Crippen LogP contribution in [0.2, 0.25) is 0 Å². The zero-order valence-corrected chi connectivity index (χ0v) is 15.3. The molecule has 4 rings (SSSR count). The Morgan fingerprint density at radius 1 is 1.15 bits per heavy atom. The summed E-state index contributed by atoms with van der Waals surface area (Å²) in [6.45, 7) is 1.94. The highest BCUT2D eigenvalue weighted by molar-refractivity contribution is 8.03. The molecule has 0 radical (unpaired) electrons. The first-order valence-corrected chi connectivity index (χ1v) is 9.47. The molecule has 2 aromatic rings. The number of allylic oxidation sites excluding steroid dienone is 2. The number of thioether (sulfide) groups is 1. The fourth-order valence-corrected chi connectivity index (χ4v) is 5.41. The van der Waals surface area contributed by atoms with Crippen LogP contribution < -0.4 is 5.73 Å². The maximum Gasteiger partial charge on any atom is 0.265 e. The number of rotatable bonds is 1. The molecule has 0 saturated heterocycles. The predicted octanol–water partition coefficient (Wildman–Crippen LogP) is 3.83. The number of carbonyl (C=O) groups is 1. The standard InChI is InChI=1S/C19H12N4OS2/c1-10-6-7-25-16(10)15-12(8-20)17(22)23-18(24)11-4-2-3-5-14(11)26-19(23)13(15)9-21/h2-7,15H,22H2,1H3. The highest BCUT2D eigenvalue weighted by atomic mass is 32.2. The molecule has 26 heavy (non-hydrogen) atoms. The minimum Gasteiger partial charge on any atom is -0.384 e. The van der Waals surface area contributed by atoms with Crippen molar-refractivity contribution in [1.29, 1.82) is 10.5 Å². The van der Waals surface area contributed by atoms with E-state index in [0.29, 0.717) is 16.2 Å². The minimum atomic E-state index is -0.540. The van der Waals surface area contributed by atoms with Gasteiger partial charge in [0.15, 0.2) is 0 Å². The minimum absolute atomic E-state index is 0.103. The van der Waals surface area contributed by atoms with E-state index in [1.165, 1.54) is 28.0 Å². The lowest BCUT2D eigenvalue weighted by molar-refractivity contribution is 0.0841. The summed E-state index contributed by atoms with van der Waals surface area (Å²) < 4.78 is 0. The van der Waals surface area contributed by atoms with Crippen molar-refractivity contribution in [2.24, 2.45) is 5.73 Å². The molecule has 1 aromatic heterocycles. The van der Waals surface area contributed by atoms with Gasteiger partial charge in [0, 0.05) is 9.77 Å². The van der Waals surface area contributed by atoms with Crippen molar-refractivity contribution >= 4 is 29.0 Å². The third-order valence-electron chi connectivity index (χ3n) is 4.46. The zero-order chi connectivity index (χ0) is 18.4. The van der Waals surface area contributed by atoms with Crippen LogP contribution in [0.3, 0.4) is 0 Å². The number of nitrogens with two attached hydrogens (primary N) is 1. The van der Waals surface area contributed by atoms with E-state index in [9.17, 15) is 15.3 Å². The van der Waals surface area contributed by atoms with E-state index in [1.54, 1.807) is 12.1 Å². The Morgan fingerprint density at radius 3 is 2.54 bits per heavy atom. The van der Waals surface area contributed by atoms with Gasteiger partial charge in [0.05, 0.1) is 34.8 Å². The molecule has 0 fully saturated rings. The highest BCUT2D eigenvalue weighted by Crippen LogP contribution is 2.50. The van der Waals surface area contributed by atoms with Crippen LogP contribution in [0.5, 0.6) is 0 Å². The lowest BCUT2D eigenvalue weighted by Crippen LogP contribution is -2.40. The fraction of sp³-hybridized carbons (Fsp3) is 0.105. The molecule has 0 bridgehead atoms. The molecule has 2 aliphatic rings. The first-order chi connectivity index (χ1) is 12.6. The van der Waals surface area contributed by atoms with Crippen molar-refractivity contribution in [2.45, 2.75) is 17.7 Å². The lowest BCUT2D eigenvalue weighted by atomic mass is 9.86. The summed E-state index contributed by atoms with van der Waals surface area (Å²) in [5.41, 5.74) is 8.40. The molecule has 1 unspecified atom stereocenters. The third-order valence-corrected chi connectivity index (χ3v) is 6.72. The number of hydrogen-bond acceptors (Lipinski definition) is 6. The topological polar surface area (TPSA) is 93.9 Å².